The topological polar surface area (TPSA) is 43.8 Å². The number of nitrogens with zero attached hydrogens (tertiary/aromatic N) is 2. The van der Waals surface area contributed by atoms with Gasteiger partial charge in [0.05, 0.1) is 5.69 Å². The van der Waals surface area contributed by atoms with Crippen molar-refractivity contribution in [2.75, 3.05) is 6.54 Å². The van der Waals surface area contributed by atoms with Crippen LogP contribution in [0, 0.1) is 6.92 Å². The van der Waals surface area contributed by atoms with Crippen molar-refractivity contribution in [2.24, 2.45) is 12.8 Å². The third-order valence-electron chi connectivity index (χ3n) is 2.83. The number of rotatable bonds is 2. The maximum Gasteiger partial charge on any atom is 0.0631 e. The van der Waals surface area contributed by atoms with Crippen molar-refractivity contribution >= 4 is 0 Å². The summed E-state index contributed by atoms with van der Waals surface area (Å²) in [5.41, 5.74) is 8.53. The standard InChI is InChI=1S/C9H15N3/c1-7-8(5-12(2)11-7)9(6-10)3-4-9/h5H,3-4,6,10H2,1-2H3. The lowest BCUT2D eigenvalue weighted by Gasteiger charge is -2.09. The van der Waals surface area contributed by atoms with Crippen LogP contribution in [-0.4, -0.2) is 16.3 Å². The van der Waals surface area contributed by atoms with Crippen molar-refractivity contribution in [3.8, 4) is 0 Å². The molecule has 12 heavy (non-hydrogen) atoms. The highest BCUT2D eigenvalue weighted by Crippen LogP contribution is 2.47. The van der Waals surface area contributed by atoms with Gasteiger partial charge in [-0.3, -0.25) is 4.68 Å². The third-order valence-corrected chi connectivity index (χ3v) is 2.83. The molecule has 3 nitrogen and oxygen atoms in total. The molecule has 2 rings (SSSR count). The predicted molar refractivity (Wildman–Crippen MR) is 47.9 cm³/mol. The van der Waals surface area contributed by atoms with Gasteiger partial charge in [0.1, 0.15) is 0 Å². The van der Waals surface area contributed by atoms with Gasteiger partial charge in [0.15, 0.2) is 0 Å². The fourth-order valence-electron chi connectivity index (χ4n) is 1.85. The fourth-order valence-corrected chi connectivity index (χ4v) is 1.85. The summed E-state index contributed by atoms with van der Waals surface area (Å²) >= 11 is 0. The van der Waals surface area contributed by atoms with Crippen LogP contribution in [-0.2, 0) is 12.5 Å². The van der Waals surface area contributed by atoms with Crippen LogP contribution in [0.25, 0.3) is 0 Å². The van der Waals surface area contributed by atoms with Crippen LogP contribution in [0.15, 0.2) is 6.20 Å². The highest BCUT2D eigenvalue weighted by Gasteiger charge is 2.44. The number of aromatic nitrogens is 2. The summed E-state index contributed by atoms with van der Waals surface area (Å²) in [6.45, 7) is 2.82. The van der Waals surface area contributed by atoms with Gasteiger partial charge in [0, 0.05) is 30.8 Å². The predicted octanol–water partition coefficient (Wildman–Crippen LogP) is 0.719. The number of aryl methyl sites for hydroxylation is 2. The maximum absolute atomic E-state index is 5.74. The molecule has 1 aromatic rings. The summed E-state index contributed by atoms with van der Waals surface area (Å²) in [6.07, 6.45) is 4.57. The number of hydrogen-bond donors (Lipinski definition) is 1. The van der Waals surface area contributed by atoms with Gasteiger partial charge < -0.3 is 5.73 Å². The van der Waals surface area contributed by atoms with Gasteiger partial charge in [-0.2, -0.15) is 5.10 Å². The van der Waals surface area contributed by atoms with Gasteiger partial charge in [-0.25, -0.2) is 0 Å². The van der Waals surface area contributed by atoms with Crippen molar-refractivity contribution < 1.29 is 0 Å². The van der Waals surface area contributed by atoms with E-state index in [4.69, 9.17) is 5.73 Å². The third kappa shape index (κ3) is 0.966. The Kier molecular flexibility index (Phi) is 1.51. The minimum Gasteiger partial charge on any atom is -0.330 e. The van der Waals surface area contributed by atoms with Crippen molar-refractivity contribution in [2.45, 2.75) is 25.2 Å². The normalized spacial score (nSPS) is 19.6. The highest BCUT2D eigenvalue weighted by atomic mass is 15.3. The summed E-state index contributed by atoms with van der Waals surface area (Å²) in [5.74, 6) is 0. The van der Waals surface area contributed by atoms with Gasteiger partial charge in [0.25, 0.3) is 0 Å². The molecule has 0 atom stereocenters. The number of nitrogens with two attached hydrogens (primary N) is 1. The molecule has 0 saturated heterocycles. The van der Waals surface area contributed by atoms with Gasteiger partial charge in [0.2, 0.25) is 0 Å². The van der Waals surface area contributed by atoms with E-state index < -0.39 is 0 Å². The first-order valence-electron chi connectivity index (χ1n) is 4.39. The summed E-state index contributed by atoms with van der Waals surface area (Å²) in [7, 11) is 1.96. The average Bonchev–Trinajstić information content (AvgIpc) is 2.74. The van der Waals surface area contributed by atoms with E-state index in [1.807, 2.05) is 11.7 Å². The van der Waals surface area contributed by atoms with Crippen molar-refractivity contribution in [3.05, 3.63) is 17.5 Å². The van der Waals surface area contributed by atoms with Crippen LogP contribution >= 0.6 is 0 Å². The molecule has 0 radical (unpaired) electrons. The lowest BCUT2D eigenvalue weighted by Crippen LogP contribution is -2.19. The van der Waals surface area contributed by atoms with Crippen molar-refractivity contribution in [3.63, 3.8) is 0 Å². The van der Waals surface area contributed by atoms with Crippen LogP contribution < -0.4 is 5.73 Å². The zero-order valence-corrected chi connectivity index (χ0v) is 7.67. The quantitative estimate of drug-likeness (QED) is 0.701. The Labute approximate surface area is 72.6 Å². The largest absolute Gasteiger partial charge is 0.330 e. The Hall–Kier alpha value is -0.830. The van der Waals surface area contributed by atoms with Crippen LogP contribution in [0.2, 0.25) is 0 Å². The molecular weight excluding hydrogens is 150 g/mol. The maximum atomic E-state index is 5.74. The Morgan fingerprint density at radius 3 is 2.67 bits per heavy atom. The van der Waals surface area contributed by atoms with Gasteiger partial charge >= 0.3 is 0 Å². The van der Waals surface area contributed by atoms with Crippen molar-refractivity contribution in [1.29, 1.82) is 0 Å². The van der Waals surface area contributed by atoms with E-state index in [9.17, 15) is 0 Å². The summed E-state index contributed by atoms with van der Waals surface area (Å²) in [5, 5.41) is 4.33. The molecule has 0 amide bonds. The molecule has 66 valence electrons. The van der Waals surface area contributed by atoms with Crippen LogP contribution in [0.4, 0.5) is 0 Å². The van der Waals surface area contributed by atoms with E-state index in [1.54, 1.807) is 0 Å². The van der Waals surface area contributed by atoms with Crippen molar-refractivity contribution in [1.82, 2.24) is 9.78 Å². The molecule has 0 aromatic carbocycles. The fraction of sp³-hybridized carbons (Fsp3) is 0.667. The first-order valence-corrected chi connectivity index (χ1v) is 4.39. The van der Waals surface area contributed by atoms with Crippen LogP contribution in [0.5, 0.6) is 0 Å². The summed E-state index contributed by atoms with van der Waals surface area (Å²) in [4.78, 5) is 0. The second-order valence-corrected chi connectivity index (χ2v) is 3.79. The Balaban J connectivity index is 2.39. The first-order chi connectivity index (χ1) is 5.68. The lowest BCUT2D eigenvalue weighted by molar-refractivity contribution is 0.698. The molecule has 0 aliphatic heterocycles. The molecule has 1 aliphatic carbocycles. The smallest absolute Gasteiger partial charge is 0.0631 e. The highest BCUT2D eigenvalue weighted by molar-refractivity contribution is 5.33. The molecular formula is C9H15N3. The molecule has 1 fully saturated rings. The lowest BCUT2D eigenvalue weighted by atomic mass is 9.97. The van der Waals surface area contributed by atoms with E-state index >= 15 is 0 Å². The average molecular weight is 165 g/mol. The molecule has 1 saturated carbocycles. The molecule has 2 N–H and O–H groups in total. The zero-order chi connectivity index (χ0) is 8.77. The monoisotopic (exact) mass is 165 g/mol. The molecule has 0 bridgehead atoms. The zero-order valence-electron chi connectivity index (χ0n) is 7.67. The second kappa shape index (κ2) is 2.33. The van der Waals surface area contributed by atoms with Gasteiger partial charge in [-0.05, 0) is 19.8 Å². The van der Waals surface area contributed by atoms with E-state index in [1.165, 1.54) is 18.4 Å². The Bertz CT molecular complexity index is 297. The second-order valence-electron chi connectivity index (χ2n) is 3.79. The molecule has 0 unspecified atom stereocenters. The minimum atomic E-state index is 0.290. The SMILES string of the molecule is Cc1nn(C)cc1C1(CN)CC1. The molecule has 3 heteroatoms. The van der Waals surface area contributed by atoms with Crippen LogP contribution in [0.3, 0.4) is 0 Å². The Morgan fingerprint density at radius 1 is 1.67 bits per heavy atom. The first kappa shape index (κ1) is 7.80. The minimum absolute atomic E-state index is 0.290. The van der Waals surface area contributed by atoms with Gasteiger partial charge in [-0.15, -0.1) is 0 Å². The molecule has 1 aliphatic rings. The van der Waals surface area contributed by atoms with E-state index in [0.717, 1.165) is 12.2 Å². The van der Waals surface area contributed by atoms with Crippen LogP contribution in [0.1, 0.15) is 24.1 Å². The molecule has 1 heterocycles. The number of hydrogen-bond acceptors (Lipinski definition) is 2. The van der Waals surface area contributed by atoms with E-state index in [0.29, 0.717) is 5.41 Å². The summed E-state index contributed by atoms with van der Waals surface area (Å²) in [6, 6.07) is 0. The van der Waals surface area contributed by atoms with E-state index in [2.05, 4.69) is 18.2 Å². The summed E-state index contributed by atoms with van der Waals surface area (Å²) < 4.78 is 1.88. The molecule has 1 aromatic heterocycles. The molecule has 0 spiro atoms. The van der Waals surface area contributed by atoms with Gasteiger partial charge in [-0.1, -0.05) is 0 Å². The Morgan fingerprint density at radius 2 is 2.33 bits per heavy atom. The van der Waals surface area contributed by atoms with E-state index in [-0.39, 0.29) is 0 Å².